The lowest BCUT2D eigenvalue weighted by atomic mass is 10.1. The van der Waals surface area contributed by atoms with Crippen molar-refractivity contribution in [3.63, 3.8) is 0 Å². The zero-order valence-electron chi connectivity index (χ0n) is 14.4. The van der Waals surface area contributed by atoms with Crippen molar-refractivity contribution in [2.75, 3.05) is 19.7 Å². The van der Waals surface area contributed by atoms with Gasteiger partial charge < -0.3 is 20.4 Å². The minimum Gasteiger partial charge on any atom is -0.481 e. The van der Waals surface area contributed by atoms with Gasteiger partial charge in [0, 0.05) is 24.1 Å². The highest BCUT2D eigenvalue weighted by atomic mass is 16.6. The molecule has 26 heavy (non-hydrogen) atoms. The van der Waals surface area contributed by atoms with Gasteiger partial charge in [0.1, 0.15) is 18.4 Å². The molecule has 0 fully saturated rings. The Morgan fingerprint density at radius 2 is 1.62 bits per heavy atom. The highest BCUT2D eigenvalue weighted by molar-refractivity contribution is 6.24. The molecule has 3 rings (SSSR count). The van der Waals surface area contributed by atoms with E-state index >= 15 is 0 Å². The van der Waals surface area contributed by atoms with Crippen LogP contribution >= 0.6 is 0 Å². The maximum absolute atomic E-state index is 10.4. The van der Waals surface area contributed by atoms with Crippen molar-refractivity contribution in [1.29, 1.82) is 0 Å². The fourth-order valence-electron chi connectivity index (χ4n) is 2.97. The molecule has 0 saturated carbocycles. The first kappa shape index (κ1) is 18.1. The fourth-order valence-corrected chi connectivity index (χ4v) is 2.97. The van der Waals surface area contributed by atoms with E-state index < -0.39 is 12.1 Å². The zero-order valence-corrected chi connectivity index (χ0v) is 14.4. The van der Waals surface area contributed by atoms with Gasteiger partial charge in [0.15, 0.2) is 0 Å². The predicted molar refractivity (Wildman–Crippen MR) is 99.2 cm³/mol. The third kappa shape index (κ3) is 4.28. The van der Waals surface area contributed by atoms with Gasteiger partial charge in [-0.15, -0.1) is 0 Å². The van der Waals surface area contributed by atoms with E-state index in [0.717, 1.165) is 28.0 Å². The average Bonchev–Trinajstić information content (AvgIpc) is 2.96. The summed E-state index contributed by atoms with van der Waals surface area (Å²) in [5, 5.41) is 25.8. The number of nitrogens with zero attached hydrogens (tertiary/aromatic N) is 1. The Kier molecular flexibility index (Phi) is 5.99. The molecule has 0 saturated heterocycles. The number of hydrogen-bond acceptors (Lipinski definition) is 5. The van der Waals surface area contributed by atoms with Crippen molar-refractivity contribution in [2.24, 2.45) is 5.16 Å². The molecule has 0 unspecified atom stereocenters. The number of fused-ring (bicyclic) bond motifs is 3. The number of carbonyl (C=O) groups is 1. The van der Waals surface area contributed by atoms with E-state index in [0.29, 0.717) is 19.5 Å². The summed E-state index contributed by atoms with van der Waals surface area (Å²) < 4.78 is 0. The molecule has 0 aromatic heterocycles. The molecule has 0 amide bonds. The molecular formula is C20H22N2O4. The normalized spacial score (nSPS) is 13.0. The van der Waals surface area contributed by atoms with Gasteiger partial charge in [0.25, 0.3) is 0 Å². The summed E-state index contributed by atoms with van der Waals surface area (Å²) in [6.07, 6.45) is -0.0683. The van der Waals surface area contributed by atoms with Crippen LogP contribution in [0, 0.1) is 0 Å². The molecule has 2 aromatic carbocycles. The molecule has 0 spiro atoms. The van der Waals surface area contributed by atoms with Gasteiger partial charge in [-0.3, -0.25) is 4.79 Å². The lowest BCUT2D eigenvalue weighted by Crippen LogP contribution is -2.30. The number of nitrogens with one attached hydrogen (secondary N) is 1. The lowest BCUT2D eigenvalue weighted by Gasteiger charge is -2.10. The van der Waals surface area contributed by atoms with Gasteiger partial charge in [0.05, 0.1) is 0 Å². The predicted octanol–water partition coefficient (Wildman–Crippen LogP) is 2.25. The second-order valence-electron chi connectivity index (χ2n) is 6.18. The molecule has 0 bridgehead atoms. The largest absolute Gasteiger partial charge is 0.481 e. The van der Waals surface area contributed by atoms with Gasteiger partial charge in [-0.2, -0.15) is 0 Å². The number of rotatable bonds is 9. The van der Waals surface area contributed by atoms with Gasteiger partial charge in [-0.05, 0) is 24.1 Å². The summed E-state index contributed by atoms with van der Waals surface area (Å²) in [5.41, 5.74) is 5.08. The molecule has 136 valence electrons. The summed E-state index contributed by atoms with van der Waals surface area (Å²) in [5.74, 6) is -0.816. The van der Waals surface area contributed by atoms with Crippen LogP contribution < -0.4 is 5.32 Å². The summed E-state index contributed by atoms with van der Waals surface area (Å²) in [6, 6.07) is 16.1. The van der Waals surface area contributed by atoms with Gasteiger partial charge in [0.2, 0.25) is 0 Å². The number of aliphatic hydroxyl groups is 1. The number of oxime groups is 1. The van der Waals surface area contributed by atoms with Crippen LogP contribution in [-0.4, -0.2) is 47.7 Å². The maximum atomic E-state index is 10.4. The summed E-state index contributed by atoms with van der Waals surface area (Å²) in [6.45, 7) is 0.941. The summed E-state index contributed by atoms with van der Waals surface area (Å²) in [4.78, 5) is 15.8. The standard InChI is InChI=1S/C20H22N2O4/c23-14(12-21-11-5-10-19(24)25)13-26-22-20-17-8-3-1-6-15(17)16-7-2-4-9-18(16)20/h1-4,6-9,14,21,23H,5,10-13H2,(H,24,25)/t14-/m0/s1. The first-order valence-corrected chi connectivity index (χ1v) is 8.66. The Balaban J connectivity index is 1.55. The fraction of sp³-hybridized carbons (Fsp3) is 0.300. The van der Waals surface area contributed by atoms with Crippen LogP contribution in [-0.2, 0) is 9.63 Å². The lowest BCUT2D eigenvalue weighted by molar-refractivity contribution is -0.137. The molecule has 0 aliphatic heterocycles. The molecule has 2 aromatic rings. The van der Waals surface area contributed by atoms with Crippen molar-refractivity contribution in [1.82, 2.24) is 5.32 Å². The highest BCUT2D eigenvalue weighted by Gasteiger charge is 2.24. The number of carboxylic acid groups (broad SMARTS) is 1. The Hall–Kier alpha value is -2.70. The first-order chi connectivity index (χ1) is 12.7. The number of carboxylic acids is 1. The Morgan fingerprint density at radius 3 is 2.19 bits per heavy atom. The van der Waals surface area contributed by atoms with Crippen LogP contribution in [0.3, 0.4) is 0 Å². The van der Waals surface area contributed by atoms with Gasteiger partial charge in [-0.25, -0.2) is 0 Å². The highest BCUT2D eigenvalue weighted by Crippen LogP contribution is 2.36. The first-order valence-electron chi connectivity index (χ1n) is 8.66. The minimum atomic E-state index is -0.816. The molecule has 1 aliphatic carbocycles. The second kappa shape index (κ2) is 8.60. The Bertz CT molecular complexity index is 756. The van der Waals surface area contributed by atoms with E-state index in [9.17, 15) is 9.90 Å². The second-order valence-corrected chi connectivity index (χ2v) is 6.18. The molecular weight excluding hydrogens is 332 g/mol. The third-order valence-electron chi connectivity index (χ3n) is 4.20. The molecule has 6 heteroatoms. The molecule has 3 N–H and O–H groups in total. The molecule has 1 aliphatic rings. The average molecular weight is 354 g/mol. The smallest absolute Gasteiger partial charge is 0.303 e. The quantitative estimate of drug-likeness (QED) is 0.405. The van der Waals surface area contributed by atoms with E-state index in [4.69, 9.17) is 9.94 Å². The number of aliphatic carboxylic acids is 1. The van der Waals surface area contributed by atoms with Crippen LogP contribution in [0.1, 0.15) is 24.0 Å². The van der Waals surface area contributed by atoms with Crippen LogP contribution in [0.25, 0.3) is 11.1 Å². The monoisotopic (exact) mass is 354 g/mol. The topological polar surface area (TPSA) is 91.2 Å². The molecule has 1 atom stereocenters. The van der Waals surface area contributed by atoms with Gasteiger partial charge >= 0.3 is 5.97 Å². The van der Waals surface area contributed by atoms with E-state index in [2.05, 4.69) is 22.6 Å². The molecule has 0 heterocycles. The van der Waals surface area contributed by atoms with E-state index in [1.54, 1.807) is 0 Å². The van der Waals surface area contributed by atoms with Crippen molar-refractivity contribution in [2.45, 2.75) is 18.9 Å². The van der Waals surface area contributed by atoms with Crippen molar-refractivity contribution < 1.29 is 19.8 Å². The molecule has 0 radical (unpaired) electrons. The van der Waals surface area contributed by atoms with Gasteiger partial charge in [-0.1, -0.05) is 53.7 Å². The SMILES string of the molecule is O=C(O)CCCNC[C@H](O)CON=C1c2ccccc2-c2ccccc21. The minimum absolute atomic E-state index is 0.0692. The van der Waals surface area contributed by atoms with E-state index in [1.807, 2.05) is 36.4 Å². The number of hydrogen-bond donors (Lipinski definition) is 3. The zero-order chi connectivity index (χ0) is 18.4. The maximum Gasteiger partial charge on any atom is 0.303 e. The van der Waals surface area contributed by atoms with Crippen LogP contribution in [0.4, 0.5) is 0 Å². The number of aliphatic hydroxyl groups excluding tert-OH is 1. The van der Waals surface area contributed by atoms with Crippen LogP contribution in [0.2, 0.25) is 0 Å². The van der Waals surface area contributed by atoms with Crippen LogP contribution in [0.15, 0.2) is 53.7 Å². The van der Waals surface area contributed by atoms with Crippen molar-refractivity contribution in [3.05, 3.63) is 59.7 Å². The Labute approximate surface area is 152 Å². The summed E-state index contributed by atoms with van der Waals surface area (Å²) >= 11 is 0. The van der Waals surface area contributed by atoms with Crippen LogP contribution in [0.5, 0.6) is 0 Å². The van der Waals surface area contributed by atoms with E-state index in [1.165, 1.54) is 0 Å². The van der Waals surface area contributed by atoms with E-state index in [-0.39, 0.29) is 13.0 Å². The van der Waals surface area contributed by atoms with Crippen molar-refractivity contribution >= 4 is 11.7 Å². The summed E-state index contributed by atoms with van der Waals surface area (Å²) in [7, 11) is 0. The molecule has 6 nitrogen and oxygen atoms in total. The van der Waals surface area contributed by atoms with Crippen molar-refractivity contribution in [3.8, 4) is 11.1 Å². The Morgan fingerprint density at radius 1 is 1.04 bits per heavy atom. The number of benzene rings is 2. The third-order valence-corrected chi connectivity index (χ3v) is 4.20.